The summed E-state index contributed by atoms with van der Waals surface area (Å²) in [6.45, 7) is 4.76. The first-order valence-electron chi connectivity index (χ1n) is 12.4. The maximum absolute atomic E-state index is 13.5. The molecule has 1 aromatic rings. The van der Waals surface area contributed by atoms with Crippen molar-refractivity contribution in [2.75, 3.05) is 26.4 Å². The molecule has 2 heterocycles. The minimum absolute atomic E-state index is 0.0305. The average molecular weight is 539 g/mol. The van der Waals surface area contributed by atoms with Gasteiger partial charge < -0.3 is 19.9 Å². The number of alkyl halides is 6. The Morgan fingerprint density at radius 1 is 1.08 bits per heavy atom. The fraction of sp³-hybridized carbons (Fsp3) is 0.720. The molecule has 0 bridgehead atoms. The molecule has 4 rings (SSSR count). The van der Waals surface area contributed by atoms with E-state index in [-0.39, 0.29) is 29.8 Å². The van der Waals surface area contributed by atoms with Gasteiger partial charge in [-0.25, -0.2) is 0 Å². The molecule has 1 aromatic carbocycles. The minimum atomic E-state index is -4.98. The summed E-state index contributed by atoms with van der Waals surface area (Å²) in [6, 6.07) is 1.35. The highest BCUT2D eigenvalue weighted by Gasteiger charge is 2.56. The summed E-state index contributed by atoms with van der Waals surface area (Å²) in [6.07, 6.45) is -8.00. The number of carbonyl (C=O) groups excluding carboxylic acids is 1. The molecule has 0 aromatic heterocycles. The number of carbonyl (C=O) groups is 1. The number of nitrogens with one attached hydrogen (secondary N) is 1. The van der Waals surface area contributed by atoms with Crippen molar-refractivity contribution in [2.45, 2.75) is 82.2 Å². The first kappa shape index (κ1) is 28.1. The van der Waals surface area contributed by atoms with Gasteiger partial charge in [-0.1, -0.05) is 0 Å². The van der Waals surface area contributed by atoms with Gasteiger partial charge in [0.2, 0.25) is 5.91 Å². The van der Waals surface area contributed by atoms with Crippen LogP contribution in [-0.4, -0.2) is 66.1 Å². The maximum atomic E-state index is 13.5. The van der Waals surface area contributed by atoms with Gasteiger partial charge in [0, 0.05) is 31.8 Å². The molecule has 3 aliphatic rings. The lowest BCUT2D eigenvalue weighted by Crippen LogP contribution is -2.59. The summed E-state index contributed by atoms with van der Waals surface area (Å²) in [4.78, 5) is 15.8. The Balaban J connectivity index is 1.53. The largest absolute Gasteiger partial charge is 0.416 e. The molecule has 2 N–H and O–H groups in total. The van der Waals surface area contributed by atoms with Crippen LogP contribution in [0.1, 0.15) is 56.2 Å². The number of hydrogen-bond donors (Lipinski definition) is 2. The number of rotatable bonds is 5. The fourth-order valence-corrected chi connectivity index (χ4v) is 5.98. The lowest BCUT2D eigenvalue weighted by molar-refractivity contribution is -0.153. The number of fused-ring (bicyclic) bond motifs is 1. The van der Waals surface area contributed by atoms with E-state index in [0.717, 1.165) is 6.42 Å². The molecule has 4 atom stereocenters. The van der Waals surface area contributed by atoms with Gasteiger partial charge in [-0.15, -0.1) is 0 Å². The van der Waals surface area contributed by atoms with Gasteiger partial charge in [-0.3, -0.25) is 9.69 Å². The van der Waals surface area contributed by atoms with Crippen LogP contribution in [0, 0.1) is 5.41 Å². The Morgan fingerprint density at radius 3 is 2.32 bits per heavy atom. The highest BCUT2D eigenvalue weighted by atomic mass is 19.4. The van der Waals surface area contributed by atoms with Crippen LogP contribution in [0.4, 0.5) is 26.3 Å². The summed E-state index contributed by atoms with van der Waals surface area (Å²) in [5.41, 5.74) is -5.94. The van der Waals surface area contributed by atoms with E-state index in [1.54, 1.807) is 0 Å². The van der Waals surface area contributed by atoms with Crippen molar-refractivity contribution in [3.05, 3.63) is 34.9 Å². The molecule has 0 spiro atoms. The highest BCUT2D eigenvalue weighted by molar-refractivity contribution is 5.84. The van der Waals surface area contributed by atoms with Crippen molar-refractivity contribution >= 4 is 5.91 Å². The second-order valence-electron chi connectivity index (χ2n) is 10.7. The number of halogens is 6. The van der Waals surface area contributed by atoms with E-state index in [9.17, 15) is 36.2 Å². The molecule has 37 heavy (non-hydrogen) atoms. The third-order valence-electron chi connectivity index (χ3n) is 8.04. The van der Waals surface area contributed by atoms with Gasteiger partial charge in [0.05, 0.1) is 41.5 Å². The van der Waals surface area contributed by atoms with Crippen molar-refractivity contribution in [1.82, 2.24) is 10.2 Å². The van der Waals surface area contributed by atoms with E-state index in [1.165, 1.54) is 13.8 Å². The molecule has 208 valence electrons. The van der Waals surface area contributed by atoms with Crippen LogP contribution >= 0.6 is 0 Å². The summed E-state index contributed by atoms with van der Waals surface area (Å²) in [5.74, 6) is -0.592. The van der Waals surface area contributed by atoms with Gasteiger partial charge in [-0.2, -0.15) is 26.3 Å². The van der Waals surface area contributed by atoms with Crippen molar-refractivity contribution < 1.29 is 45.7 Å². The van der Waals surface area contributed by atoms with Gasteiger partial charge in [-0.05, 0) is 63.3 Å². The van der Waals surface area contributed by atoms with Crippen LogP contribution < -0.4 is 5.32 Å². The standard InChI is InChI=1S/C25H32F6N2O4/c1-22(2,35)23(5-3-18(12-23)33-6-8-37-20-14-36-7-4-19(20)33)21(34)32-13-15-9-16(24(26,27)28)11-17(10-15)25(29,30)31/h9-11,18-20,35H,3-8,12-14H2,1-2H3,(H,32,34)/t18-,19?,20?,23-/m1/s1. The monoisotopic (exact) mass is 538 g/mol. The predicted octanol–water partition coefficient (Wildman–Crippen LogP) is 4.14. The summed E-state index contributed by atoms with van der Waals surface area (Å²) in [7, 11) is 0. The summed E-state index contributed by atoms with van der Waals surface area (Å²) >= 11 is 0. The number of benzene rings is 1. The zero-order chi connectivity index (χ0) is 27.2. The molecular weight excluding hydrogens is 506 g/mol. The van der Waals surface area contributed by atoms with Crippen molar-refractivity contribution in [3.63, 3.8) is 0 Å². The molecular formula is C25H32F6N2O4. The van der Waals surface area contributed by atoms with E-state index in [2.05, 4.69) is 10.2 Å². The topological polar surface area (TPSA) is 71.0 Å². The number of ether oxygens (including phenoxy) is 2. The molecule has 6 nitrogen and oxygen atoms in total. The molecule has 1 saturated carbocycles. The molecule has 2 aliphatic heterocycles. The van der Waals surface area contributed by atoms with Crippen LogP contribution in [0.15, 0.2) is 18.2 Å². The van der Waals surface area contributed by atoms with Crippen LogP contribution in [0.2, 0.25) is 0 Å². The van der Waals surface area contributed by atoms with E-state index in [1.807, 2.05) is 0 Å². The van der Waals surface area contributed by atoms with Gasteiger partial charge >= 0.3 is 12.4 Å². The van der Waals surface area contributed by atoms with Crippen LogP contribution in [0.5, 0.6) is 0 Å². The second kappa shape index (κ2) is 10.0. The van der Waals surface area contributed by atoms with Crippen molar-refractivity contribution in [3.8, 4) is 0 Å². The van der Waals surface area contributed by atoms with E-state index in [0.29, 0.717) is 57.8 Å². The average Bonchev–Trinajstić information content (AvgIpc) is 3.28. The fourth-order valence-electron chi connectivity index (χ4n) is 5.98. The molecule has 2 unspecified atom stereocenters. The molecule has 0 radical (unpaired) electrons. The van der Waals surface area contributed by atoms with E-state index in [4.69, 9.17) is 9.47 Å². The zero-order valence-corrected chi connectivity index (χ0v) is 20.7. The zero-order valence-electron chi connectivity index (χ0n) is 20.7. The van der Waals surface area contributed by atoms with Crippen LogP contribution in [-0.2, 0) is 33.2 Å². The lowest BCUT2D eigenvalue weighted by atomic mass is 9.71. The third-order valence-corrected chi connectivity index (χ3v) is 8.04. The normalized spacial score (nSPS) is 29.7. The van der Waals surface area contributed by atoms with E-state index >= 15 is 0 Å². The Hall–Kier alpha value is -1.89. The molecule has 1 amide bonds. The third kappa shape index (κ3) is 5.76. The predicted molar refractivity (Wildman–Crippen MR) is 120 cm³/mol. The molecule has 3 fully saturated rings. The number of morpholine rings is 1. The SMILES string of the molecule is CC(C)(O)[C@]1(C(=O)NCc2cc(C(F)(F)F)cc(C(F)(F)F)c2)CC[C@@H](N2CCOC3COCCC32)C1. The Morgan fingerprint density at radius 2 is 1.73 bits per heavy atom. The quantitative estimate of drug-likeness (QED) is 0.552. The lowest BCUT2D eigenvalue weighted by Gasteiger charge is -2.47. The number of aliphatic hydroxyl groups is 1. The van der Waals surface area contributed by atoms with E-state index < -0.39 is 46.9 Å². The Bertz CT molecular complexity index is 959. The molecule has 1 aliphatic carbocycles. The summed E-state index contributed by atoms with van der Waals surface area (Å²) in [5, 5.41) is 13.6. The molecule has 2 saturated heterocycles. The van der Waals surface area contributed by atoms with Gasteiger partial charge in [0.25, 0.3) is 0 Å². The van der Waals surface area contributed by atoms with Crippen molar-refractivity contribution in [1.29, 1.82) is 0 Å². The number of amides is 1. The Labute approximate surface area is 211 Å². The number of hydrogen-bond acceptors (Lipinski definition) is 5. The van der Waals surface area contributed by atoms with Gasteiger partial charge in [0.15, 0.2) is 0 Å². The summed E-state index contributed by atoms with van der Waals surface area (Å²) < 4.78 is 90.7. The maximum Gasteiger partial charge on any atom is 0.416 e. The van der Waals surface area contributed by atoms with Gasteiger partial charge in [0.1, 0.15) is 0 Å². The van der Waals surface area contributed by atoms with Crippen LogP contribution in [0.25, 0.3) is 0 Å². The Kier molecular flexibility index (Phi) is 7.61. The first-order chi connectivity index (χ1) is 17.1. The van der Waals surface area contributed by atoms with Crippen molar-refractivity contribution in [2.24, 2.45) is 5.41 Å². The highest BCUT2D eigenvalue weighted by Crippen LogP contribution is 2.49. The number of nitrogens with zero attached hydrogens (tertiary/aromatic N) is 1. The second-order valence-corrected chi connectivity index (χ2v) is 10.7. The smallest absolute Gasteiger partial charge is 0.389 e. The minimum Gasteiger partial charge on any atom is -0.389 e. The first-order valence-corrected chi connectivity index (χ1v) is 12.4. The molecule has 12 heteroatoms. The van der Waals surface area contributed by atoms with Crippen LogP contribution in [0.3, 0.4) is 0 Å².